The van der Waals surface area contributed by atoms with Gasteiger partial charge in [0.25, 0.3) is 10.0 Å². The number of hydrogen-bond acceptors (Lipinski definition) is 6. The molecule has 0 bridgehead atoms. The minimum absolute atomic E-state index is 0.170. The van der Waals surface area contributed by atoms with Crippen LogP contribution in [-0.2, 0) is 21.4 Å². The first kappa shape index (κ1) is 24.1. The molecule has 1 amide bonds. The summed E-state index contributed by atoms with van der Waals surface area (Å²) in [6, 6.07) is 9.39. The fourth-order valence-electron chi connectivity index (χ4n) is 3.15. The van der Waals surface area contributed by atoms with Gasteiger partial charge in [-0.05, 0) is 30.7 Å². The second-order valence-corrected chi connectivity index (χ2v) is 8.85. The van der Waals surface area contributed by atoms with Crippen LogP contribution in [0.3, 0.4) is 0 Å². The highest BCUT2D eigenvalue weighted by Crippen LogP contribution is 2.32. The minimum atomic E-state index is -4.31. The van der Waals surface area contributed by atoms with Gasteiger partial charge in [-0.15, -0.1) is 0 Å². The lowest BCUT2D eigenvalue weighted by atomic mass is 10.3. The highest BCUT2D eigenvalue weighted by molar-refractivity contribution is 7.92. The van der Waals surface area contributed by atoms with Crippen molar-refractivity contribution in [2.75, 3.05) is 31.6 Å². The fourth-order valence-corrected chi connectivity index (χ4v) is 4.60. The standard InChI is InChI=1S/C22H25FN4O5S/c1-31-20-9-8-17(14-21(20)32-2)33(29,30)27(19-7-4-3-6-18(19)23)15-22(28)25-10-5-12-26-13-11-24-16-26/h3-4,6-9,11,13-14,16H,5,10,12,15H2,1-2H3,(H,25,28). The molecule has 0 aliphatic rings. The first-order chi connectivity index (χ1) is 15.9. The smallest absolute Gasteiger partial charge is 0.265 e. The number of amides is 1. The van der Waals surface area contributed by atoms with Crippen LogP contribution in [0.1, 0.15) is 6.42 Å². The van der Waals surface area contributed by atoms with Gasteiger partial charge in [-0.2, -0.15) is 0 Å². The Kier molecular flexibility index (Phi) is 7.88. The van der Waals surface area contributed by atoms with Gasteiger partial charge in [-0.25, -0.2) is 17.8 Å². The van der Waals surface area contributed by atoms with Crippen molar-refractivity contribution in [3.8, 4) is 11.5 Å². The van der Waals surface area contributed by atoms with E-state index in [1.807, 2.05) is 4.57 Å². The number of rotatable bonds is 11. The normalized spacial score (nSPS) is 11.1. The average Bonchev–Trinajstić information content (AvgIpc) is 3.34. The summed E-state index contributed by atoms with van der Waals surface area (Å²) in [6.07, 6.45) is 5.74. The Balaban J connectivity index is 1.82. The summed E-state index contributed by atoms with van der Waals surface area (Å²) in [5.41, 5.74) is -0.235. The van der Waals surface area contributed by atoms with Crippen LogP contribution < -0.4 is 19.1 Å². The van der Waals surface area contributed by atoms with E-state index in [0.29, 0.717) is 25.3 Å². The van der Waals surface area contributed by atoms with Gasteiger partial charge in [0.1, 0.15) is 12.4 Å². The minimum Gasteiger partial charge on any atom is -0.493 e. The molecule has 3 rings (SSSR count). The quantitative estimate of drug-likeness (QED) is 0.427. The van der Waals surface area contributed by atoms with Crippen molar-refractivity contribution < 1.29 is 27.1 Å². The number of sulfonamides is 1. The summed E-state index contributed by atoms with van der Waals surface area (Å²) in [6.45, 7) is 0.364. The Morgan fingerprint density at radius 3 is 2.58 bits per heavy atom. The summed E-state index contributed by atoms with van der Waals surface area (Å²) < 4.78 is 54.4. The Labute approximate surface area is 191 Å². The molecule has 0 spiro atoms. The summed E-state index contributed by atoms with van der Waals surface area (Å²) >= 11 is 0. The maximum atomic E-state index is 14.6. The molecule has 33 heavy (non-hydrogen) atoms. The molecule has 3 aromatic rings. The van der Waals surface area contributed by atoms with Crippen molar-refractivity contribution in [1.82, 2.24) is 14.9 Å². The van der Waals surface area contributed by atoms with Crippen LogP contribution in [-0.4, -0.2) is 51.2 Å². The van der Waals surface area contributed by atoms with E-state index in [1.165, 1.54) is 50.6 Å². The molecule has 176 valence electrons. The monoisotopic (exact) mass is 476 g/mol. The first-order valence-electron chi connectivity index (χ1n) is 10.1. The molecular weight excluding hydrogens is 451 g/mol. The van der Waals surface area contributed by atoms with Gasteiger partial charge in [0, 0.05) is 31.5 Å². The van der Waals surface area contributed by atoms with E-state index in [1.54, 1.807) is 18.7 Å². The molecule has 11 heteroatoms. The number of carbonyl (C=O) groups is 1. The molecule has 9 nitrogen and oxygen atoms in total. The van der Waals surface area contributed by atoms with Crippen LogP contribution >= 0.6 is 0 Å². The number of para-hydroxylation sites is 1. The molecule has 1 aromatic heterocycles. The van der Waals surface area contributed by atoms with E-state index in [4.69, 9.17) is 9.47 Å². The maximum absolute atomic E-state index is 14.6. The van der Waals surface area contributed by atoms with Gasteiger partial charge in [-0.1, -0.05) is 12.1 Å². The largest absolute Gasteiger partial charge is 0.493 e. The lowest BCUT2D eigenvalue weighted by molar-refractivity contribution is -0.119. The number of carbonyl (C=O) groups excluding carboxylic acids is 1. The fraction of sp³-hybridized carbons (Fsp3) is 0.273. The number of anilines is 1. The third kappa shape index (κ3) is 5.80. The molecule has 0 saturated heterocycles. The molecule has 0 unspecified atom stereocenters. The van der Waals surface area contributed by atoms with E-state index in [2.05, 4.69) is 10.3 Å². The number of ether oxygens (including phenoxy) is 2. The zero-order chi connectivity index (χ0) is 23.8. The molecule has 1 N–H and O–H groups in total. The van der Waals surface area contributed by atoms with Gasteiger partial charge in [0.2, 0.25) is 5.91 Å². The number of imidazole rings is 1. The van der Waals surface area contributed by atoms with E-state index < -0.39 is 28.3 Å². The van der Waals surface area contributed by atoms with Gasteiger partial charge < -0.3 is 19.4 Å². The predicted octanol–water partition coefficient (Wildman–Crippen LogP) is 2.44. The molecule has 0 fully saturated rings. The molecular formula is C22H25FN4O5S. The summed E-state index contributed by atoms with van der Waals surface area (Å²) in [7, 11) is -1.51. The van der Waals surface area contributed by atoms with Crippen molar-refractivity contribution in [3.63, 3.8) is 0 Å². The molecule has 2 aromatic carbocycles. The molecule has 0 aliphatic carbocycles. The molecule has 0 atom stereocenters. The average molecular weight is 477 g/mol. The number of halogens is 1. The molecule has 0 aliphatic heterocycles. The lowest BCUT2D eigenvalue weighted by Gasteiger charge is -2.25. The van der Waals surface area contributed by atoms with Gasteiger partial charge >= 0.3 is 0 Å². The number of hydrogen-bond donors (Lipinski definition) is 1. The van der Waals surface area contributed by atoms with Crippen molar-refractivity contribution in [2.45, 2.75) is 17.9 Å². The van der Waals surface area contributed by atoms with Crippen LogP contribution in [0, 0.1) is 5.82 Å². The number of aromatic nitrogens is 2. The zero-order valence-corrected chi connectivity index (χ0v) is 19.1. The lowest BCUT2D eigenvalue weighted by Crippen LogP contribution is -2.41. The SMILES string of the molecule is COc1ccc(S(=O)(=O)N(CC(=O)NCCCn2ccnc2)c2ccccc2F)cc1OC. The van der Waals surface area contributed by atoms with Crippen LogP contribution in [0.25, 0.3) is 0 Å². The van der Waals surface area contributed by atoms with Crippen LogP contribution in [0.5, 0.6) is 11.5 Å². The Morgan fingerprint density at radius 2 is 1.91 bits per heavy atom. The van der Waals surface area contributed by atoms with E-state index in [0.717, 1.165) is 10.4 Å². The van der Waals surface area contributed by atoms with Crippen LogP contribution in [0.4, 0.5) is 10.1 Å². The Hall–Kier alpha value is -3.60. The second-order valence-electron chi connectivity index (χ2n) is 6.98. The topological polar surface area (TPSA) is 103 Å². The van der Waals surface area contributed by atoms with Crippen molar-refractivity contribution in [3.05, 3.63) is 67.0 Å². The molecule has 0 saturated carbocycles. The van der Waals surface area contributed by atoms with Gasteiger partial charge in [-0.3, -0.25) is 9.10 Å². The summed E-state index contributed by atoms with van der Waals surface area (Å²) in [4.78, 5) is 16.4. The van der Waals surface area contributed by atoms with Crippen LogP contribution in [0.2, 0.25) is 0 Å². The number of nitrogens with one attached hydrogen (secondary N) is 1. The predicted molar refractivity (Wildman–Crippen MR) is 120 cm³/mol. The zero-order valence-electron chi connectivity index (χ0n) is 18.3. The number of methoxy groups -OCH3 is 2. The highest BCUT2D eigenvalue weighted by atomic mass is 32.2. The van der Waals surface area contributed by atoms with Gasteiger partial charge in [0.05, 0.1) is 31.1 Å². The van der Waals surface area contributed by atoms with E-state index in [-0.39, 0.29) is 16.3 Å². The third-order valence-electron chi connectivity index (χ3n) is 4.83. The number of benzene rings is 2. The van der Waals surface area contributed by atoms with Crippen molar-refractivity contribution in [1.29, 1.82) is 0 Å². The Bertz CT molecular complexity index is 1190. The highest BCUT2D eigenvalue weighted by Gasteiger charge is 2.30. The van der Waals surface area contributed by atoms with Crippen LogP contribution in [0.15, 0.2) is 66.1 Å². The van der Waals surface area contributed by atoms with Crippen molar-refractivity contribution >= 4 is 21.6 Å². The first-order valence-corrected chi connectivity index (χ1v) is 11.5. The van der Waals surface area contributed by atoms with Gasteiger partial charge in [0.15, 0.2) is 11.5 Å². The summed E-state index contributed by atoms with van der Waals surface area (Å²) in [5, 5.41) is 2.68. The maximum Gasteiger partial charge on any atom is 0.265 e. The van der Waals surface area contributed by atoms with E-state index in [9.17, 15) is 17.6 Å². The Morgan fingerprint density at radius 1 is 1.15 bits per heavy atom. The van der Waals surface area contributed by atoms with E-state index >= 15 is 0 Å². The van der Waals surface area contributed by atoms with Crippen molar-refractivity contribution in [2.24, 2.45) is 0 Å². The number of nitrogens with zero attached hydrogens (tertiary/aromatic N) is 3. The second kappa shape index (κ2) is 10.8. The molecule has 0 radical (unpaired) electrons. The number of aryl methyl sites for hydroxylation is 1. The summed E-state index contributed by atoms with van der Waals surface area (Å²) in [5.74, 6) is -0.803. The third-order valence-corrected chi connectivity index (χ3v) is 6.58. The molecule has 1 heterocycles.